The van der Waals surface area contributed by atoms with Crippen molar-refractivity contribution in [1.82, 2.24) is 0 Å². The minimum absolute atomic E-state index is 0.223. The Balaban J connectivity index is 1.99. The fourth-order valence-electron chi connectivity index (χ4n) is 3.17. The van der Waals surface area contributed by atoms with Gasteiger partial charge in [-0.3, -0.25) is 4.79 Å². The number of Topliss-reactive ketones (excluding diaryl/α,β-unsaturated/α-hetero) is 1. The number of carbonyl (C=O) groups excluding carboxylic acids is 1. The highest BCUT2D eigenvalue weighted by Crippen LogP contribution is 2.48. The number of ketones is 1. The lowest BCUT2D eigenvalue weighted by Gasteiger charge is -2.25. The summed E-state index contributed by atoms with van der Waals surface area (Å²) in [5.74, 6) is 2.46. The third-order valence-electron chi connectivity index (χ3n) is 4.15. The quantitative estimate of drug-likeness (QED) is 0.748. The summed E-state index contributed by atoms with van der Waals surface area (Å²) < 4.78 is 0. The second-order valence-corrected chi connectivity index (χ2v) is 5.45. The van der Waals surface area contributed by atoms with Gasteiger partial charge < -0.3 is 5.73 Å². The maximum Gasteiger partial charge on any atom is 0.153 e. The topological polar surface area (TPSA) is 43.1 Å². The second kappa shape index (κ2) is 3.65. The predicted molar refractivity (Wildman–Crippen MR) is 56.8 cm³/mol. The van der Waals surface area contributed by atoms with Gasteiger partial charge in [0, 0.05) is 5.92 Å². The summed E-state index contributed by atoms with van der Waals surface area (Å²) in [7, 11) is 0. The summed E-state index contributed by atoms with van der Waals surface area (Å²) in [6.07, 6.45) is 5.04. The van der Waals surface area contributed by atoms with Crippen LogP contribution in [0.2, 0.25) is 0 Å². The van der Waals surface area contributed by atoms with Crippen LogP contribution in [0.25, 0.3) is 0 Å². The Morgan fingerprint density at radius 1 is 1.29 bits per heavy atom. The van der Waals surface area contributed by atoms with E-state index in [4.69, 9.17) is 5.73 Å². The van der Waals surface area contributed by atoms with Crippen molar-refractivity contribution in [2.75, 3.05) is 0 Å². The van der Waals surface area contributed by atoms with E-state index in [2.05, 4.69) is 0 Å². The van der Waals surface area contributed by atoms with Gasteiger partial charge in [-0.15, -0.1) is 0 Å². The van der Waals surface area contributed by atoms with Crippen LogP contribution in [0.15, 0.2) is 0 Å². The van der Waals surface area contributed by atoms with E-state index in [9.17, 15) is 4.79 Å². The maximum atomic E-state index is 12.1. The summed E-state index contributed by atoms with van der Waals surface area (Å²) in [5, 5.41) is 0. The first-order valence-electron chi connectivity index (χ1n) is 5.89. The molecule has 4 atom stereocenters. The highest BCUT2D eigenvalue weighted by Gasteiger charge is 2.44. The van der Waals surface area contributed by atoms with E-state index < -0.39 is 0 Å². The average molecular weight is 195 g/mol. The molecule has 2 nitrogen and oxygen atoms in total. The molecule has 4 unspecified atom stereocenters. The number of fused-ring (bicyclic) bond motifs is 2. The lowest BCUT2D eigenvalue weighted by atomic mass is 9.81. The molecule has 0 spiro atoms. The largest absolute Gasteiger partial charge is 0.321 e. The Labute approximate surface area is 86.2 Å². The van der Waals surface area contributed by atoms with Crippen LogP contribution in [0.4, 0.5) is 0 Å². The second-order valence-electron chi connectivity index (χ2n) is 5.45. The molecule has 2 saturated carbocycles. The molecule has 2 aliphatic rings. The molecule has 0 heterocycles. The van der Waals surface area contributed by atoms with E-state index in [1.807, 2.05) is 13.8 Å². The molecule has 2 bridgehead atoms. The van der Waals surface area contributed by atoms with Gasteiger partial charge in [0.1, 0.15) is 0 Å². The average Bonchev–Trinajstić information content (AvgIpc) is 2.76. The molecule has 80 valence electrons. The van der Waals surface area contributed by atoms with Gasteiger partial charge in [-0.1, -0.05) is 20.3 Å². The van der Waals surface area contributed by atoms with Crippen molar-refractivity contribution in [3.8, 4) is 0 Å². The normalized spacial score (nSPS) is 37.9. The summed E-state index contributed by atoms with van der Waals surface area (Å²) in [4.78, 5) is 12.1. The number of carbonyl (C=O) groups is 1. The van der Waals surface area contributed by atoms with Crippen molar-refractivity contribution < 1.29 is 4.79 Å². The lowest BCUT2D eigenvalue weighted by molar-refractivity contribution is -0.126. The first-order valence-corrected chi connectivity index (χ1v) is 5.89. The molecule has 2 N–H and O–H groups in total. The fourth-order valence-corrected chi connectivity index (χ4v) is 3.17. The SMILES string of the molecule is CC(C)C(N)C(=O)C1CC2CCC1C2. The fraction of sp³-hybridized carbons (Fsp3) is 0.917. The van der Waals surface area contributed by atoms with E-state index in [1.165, 1.54) is 19.3 Å². The Hall–Kier alpha value is -0.370. The first-order chi connectivity index (χ1) is 6.59. The Morgan fingerprint density at radius 2 is 2.00 bits per heavy atom. The monoisotopic (exact) mass is 195 g/mol. The zero-order valence-electron chi connectivity index (χ0n) is 9.20. The van der Waals surface area contributed by atoms with Gasteiger partial charge in [-0.2, -0.15) is 0 Å². The summed E-state index contributed by atoms with van der Waals surface area (Å²) in [6.45, 7) is 4.07. The maximum absolute atomic E-state index is 12.1. The van der Waals surface area contributed by atoms with Gasteiger partial charge in [-0.25, -0.2) is 0 Å². The van der Waals surface area contributed by atoms with Gasteiger partial charge >= 0.3 is 0 Å². The van der Waals surface area contributed by atoms with Crippen molar-refractivity contribution in [3.63, 3.8) is 0 Å². The highest BCUT2D eigenvalue weighted by molar-refractivity contribution is 5.87. The predicted octanol–water partition coefficient (Wildman–Crippen LogP) is 1.97. The van der Waals surface area contributed by atoms with Crippen LogP contribution in [0.1, 0.15) is 39.5 Å². The molecule has 0 aromatic heterocycles. The van der Waals surface area contributed by atoms with E-state index in [0.717, 1.165) is 12.3 Å². The van der Waals surface area contributed by atoms with Gasteiger partial charge in [-0.05, 0) is 37.0 Å². The van der Waals surface area contributed by atoms with Crippen LogP contribution in [0.3, 0.4) is 0 Å². The molecule has 2 aliphatic carbocycles. The Kier molecular flexibility index (Phi) is 2.65. The van der Waals surface area contributed by atoms with E-state index in [-0.39, 0.29) is 6.04 Å². The van der Waals surface area contributed by atoms with Crippen LogP contribution < -0.4 is 5.73 Å². The Morgan fingerprint density at radius 3 is 2.43 bits per heavy atom. The minimum Gasteiger partial charge on any atom is -0.321 e. The van der Waals surface area contributed by atoms with Crippen molar-refractivity contribution in [3.05, 3.63) is 0 Å². The van der Waals surface area contributed by atoms with Crippen LogP contribution >= 0.6 is 0 Å². The van der Waals surface area contributed by atoms with Crippen LogP contribution in [-0.2, 0) is 4.79 Å². The summed E-state index contributed by atoms with van der Waals surface area (Å²) in [5.41, 5.74) is 5.92. The molecule has 0 aliphatic heterocycles. The molecule has 14 heavy (non-hydrogen) atoms. The number of hydrogen-bond acceptors (Lipinski definition) is 2. The van der Waals surface area contributed by atoms with E-state index in [0.29, 0.717) is 23.5 Å². The van der Waals surface area contributed by atoms with Gasteiger partial charge in [0.05, 0.1) is 6.04 Å². The standard InChI is InChI=1S/C12H21NO/c1-7(2)11(13)12(14)10-6-8-3-4-9(10)5-8/h7-11H,3-6,13H2,1-2H3. The molecule has 2 rings (SSSR count). The van der Waals surface area contributed by atoms with Crippen LogP contribution in [0.5, 0.6) is 0 Å². The van der Waals surface area contributed by atoms with Gasteiger partial charge in [0.15, 0.2) is 5.78 Å². The lowest BCUT2D eigenvalue weighted by Crippen LogP contribution is -2.41. The third kappa shape index (κ3) is 1.60. The highest BCUT2D eigenvalue weighted by atomic mass is 16.1. The number of hydrogen-bond donors (Lipinski definition) is 1. The van der Waals surface area contributed by atoms with Crippen LogP contribution in [0, 0.1) is 23.7 Å². The molecule has 0 amide bonds. The molecule has 2 heteroatoms. The van der Waals surface area contributed by atoms with Crippen molar-refractivity contribution in [1.29, 1.82) is 0 Å². The molecular weight excluding hydrogens is 174 g/mol. The molecule has 0 saturated heterocycles. The zero-order valence-corrected chi connectivity index (χ0v) is 9.20. The van der Waals surface area contributed by atoms with Crippen molar-refractivity contribution in [2.45, 2.75) is 45.6 Å². The Bertz CT molecular complexity index is 236. The molecule has 0 radical (unpaired) electrons. The van der Waals surface area contributed by atoms with Crippen LogP contribution in [-0.4, -0.2) is 11.8 Å². The summed E-state index contributed by atoms with van der Waals surface area (Å²) in [6, 6.07) is -0.223. The summed E-state index contributed by atoms with van der Waals surface area (Å²) >= 11 is 0. The van der Waals surface area contributed by atoms with Gasteiger partial charge in [0.25, 0.3) is 0 Å². The molecule has 2 fully saturated rings. The number of nitrogens with two attached hydrogens (primary N) is 1. The third-order valence-corrected chi connectivity index (χ3v) is 4.15. The molecule has 0 aromatic rings. The van der Waals surface area contributed by atoms with E-state index >= 15 is 0 Å². The smallest absolute Gasteiger partial charge is 0.153 e. The van der Waals surface area contributed by atoms with Gasteiger partial charge in [0.2, 0.25) is 0 Å². The number of rotatable bonds is 3. The zero-order chi connectivity index (χ0) is 10.3. The molecular formula is C12H21NO. The van der Waals surface area contributed by atoms with Crippen molar-refractivity contribution >= 4 is 5.78 Å². The molecule has 0 aromatic carbocycles. The minimum atomic E-state index is -0.223. The first kappa shape index (κ1) is 10.2. The van der Waals surface area contributed by atoms with E-state index in [1.54, 1.807) is 0 Å². The van der Waals surface area contributed by atoms with Crippen molar-refractivity contribution in [2.24, 2.45) is 29.4 Å².